The van der Waals surface area contributed by atoms with Gasteiger partial charge in [0.25, 0.3) is 5.91 Å². The highest BCUT2D eigenvalue weighted by Crippen LogP contribution is 2.12. The number of rotatable bonds is 5. The molecule has 0 atom stereocenters. The van der Waals surface area contributed by atoms with E-state index in [1.165, 1.54) is 12.1 Å². The molecule has 0 saturated carbocycles. The normalized spacial score (nSPS) is 15.1. The lowest BCUT2D eigenvalue weighted by molar-refractivity contribution is 0.0658. The first-order valence-corrected chi connectivity index (χ1v) is 8.83. The van der Waals surface area contributed by atoms with Gasteiger partial charge in [-0.15, -0.1) is 0 Å². The minimum Gasteiger partial charge on any atom is -0.370 e. The number of benzene rings is 1. The minimum absolute atomic E-state index is 0.0508. The van der Waals surface area contributed by atoms with Crippen LogP contribution in [0.3, 0.4) is 0 Å². The van der Waals surface area contributed by atoms with Gasteiger partial charge in [-0.05, 0) is 38.1 Å². The summed E-state index contributed by atoms with van der Waals surface area (Å²) >= 11 is 0. The van der Waals surface area contributed by atoms with Crippen molar-refractivity contribution in [2.24, 2.45) is 0 Å². The van der Waals surface area contributed by atoms with E-state index in [4.69, 9.17) is 0 Å². The van der Waals surface area contributed by atoms with Gasteiger partial charge in [-0.25, -0.2) is 14.4 Å². The second-order valence-electron chi connectivity index (χ2n) is 6.58. The highest BCUT2D eigenvalue weighted by Gasteiger charge is 2.22. The lowest BCUT2D eigenvalue weighted by atomic mass is 10.1. The highest BCUT2D eigenvalue weighted by atomic mass is 19.1. The number of likely N-dealkylation sites (N-methyl/N-ethyl adjacent to an activating group) is 1. The van der Waals surface area contributed by atoms with Crippen LogP contribution in [0.5, 0.6) is 0 Å². The molecule has 0 spiro atoms. The number of nitrogens with zero attached hydrogens (tertiary/aromatic N) is 4. The van der Waals surface area contributed by atoms with Gasteiger partial charge in [0.05, 0.1) is 0 Å². The molecule has 138 valence electrons. The van der Waals surface area contributed by atoms with Crippen molar-refractivity contribution in [1.29, 1.82) is 0 Å². The Morgan fingerprint density at radius 1 is 1.15 bits per heavy atom. The Morgan fingerprint density at radius 2 is 1.85 bits per heavy atom. The first-order valence-electron chi connectivity index (χ1n) is 8.83. The molecule has 1 fully saturated rings. The second-order valence-corrected chi connectivity index (χ2v) is 6.58. The van der Waals surface area contributed by atoms with Gasteiger partial charge in [-0.2, -0.15) is 0 Å². The van der Waals surface area contributed by atoms with E-state index in [1.54, 1.807) is 25.1 Å². The topological polar surface area (TPSA) is 61.4 Å². The number of aryl methyl sites for hydroxylation is 1. The highest BCUT2D eigenvalue weighted by molar-refractivity contribution is 5.93. The molecule has 0 bridgehead atoms. The van der Waals surface area contributed by atoms with Crippen LogP contribution in [0.25, 0.3) is 0 Å². The van der Waals surface area contributed by atoms with Crippen molar-refractivity contribution in [3.05, 3.63) is 53.2 Å². The molecule has 7 heteroatoms. The first-order chi connectivity index (χ1) is 12.5. The Hall–Kier alpha value is -2.54. The van der Waals surface area contributed by atoms with Gasteiger partial charge in [0.1, 0.15) is 23.2 Å². The number of nitrogens with one attached hydrogen (secondary N) is 1. The Labute approximate surface area is 153 Å². The number of halogens is 1. The SMILES string of the molecule is Cc1nc(NCCc2ccc(F)cc2)cc(C(=O)N2CCN(C)CC2)n1. The van der Waals surface area contributed by atoms with Crippen LogP contribution >= 0.6 is 0 Å². The van der Waals surface area contributed by atoms with Crippen molar-refractivity contribution < 1.29 is 9.18 Å². The number of carbonyl (C=O) groups excluding carboxylic acids is 1. The summed E-state index contributed by atoms with van der Waals surface area (Å²) in [7, 11) is 2.06. The molecule has 3 rings (SSSR count). The van der Waals surface area contributed by atoms with Crippen LogP contribution in [0.15, 0.2) is 30.3 Å². The predicted molar refractivity (Wildman–Crippen MR) is 98.8 cm³/mol. The predicted octanol–water partition coefficient (Wildman–Crippen LogP) is 1.97. The van der Waals surface area contributed by atoms with Crippen LogP contribution in [0, 0.1) is 12.7 Å². The van der Waals surface area contributed by atoms with Crippen molar-refractivity contribution in [2.45, 2.75) is 13.3 Å². The zero-order valence-electron chi connectivity index (χ0n) is 15.2. The smallest absolute Gasteiger partial charge is 0.272 e. The number of hydrogen-bond donors (Lipinski definition) is 1. The number of anilines is 1. The third-order valence-corrected chi connectivity index (χ3v) is 4.48. The largest absolute Gasteiger partial charge is 0.370 e. The standard InChI is InChI=1S/C19H24FN5O/c1-14-22-17(19(26)25-11-9-24(2)10-12-25)13-18(23-14)21-8-7-15-3-5-16(20)6-4-15/h3-6,13H,7-12H2,1-2H3,(H,21,22,23). The zero-order chi connectivity index (χ0) is 18.5. The van der Waals surface area contributed by atoms with Crippen molar-refractivity contribution in [1.82, 2.24) is 19.8 Å². The van der Waals surface area contributed by atoms with Crippen LogP contribution in [-0.4, -0.2) is 65.4 Å². The third-order valence-electron chi connectivity index (χ3n) is 4.48. The molecular formula is C19H24FN5O. The van der Waals surface area contributed by atoms with Crippen LogP contribution in [-0.2, 0) is 6.42 Å². The molecule has 2 heterocycles. The van der Waals surface area contributed by atoms with E-state index in [1.807, 2.05) is 4.90 Å². The van der Waals surface area contributed by atoms with E-state index >= 15 is 0 Å². The van der Waals surface area contributed by atoms with Crippen LogP contribution in [0.4, 0.5) is 10.2 Å². The van der Waals surface area contributed by atoms with Crippen LogP contribution < -0.4 is 5.32 Å². The number of amides is 1. The molecule has 1 aromatic carbocycles. The van der Waals surface area contributed by atoms with Crippen LogP contribution in [0.1, 0.15) is 21.9 Å². The van der Waals surface area contributed by atoms with Gasteiger partial charge >= 0.3 is 0 Å². The quantitative estimate of drug-likeness (QED) is 0.886. The molecule has 2 aromatic rings. The second kappa shape index (κ2) is 8.23. The fourth-order valence-corrected chi connectivity index (χ4v) is 2.93. The number of hydrogen-bond acceptors (Lipinski definition) is 5. The van der Waals surface area contributed by atoms with Crippen molar-refractivity contribution >= 4 is 11.7 Å². The Kier molecular flexibility index (Phi) is 5.78. The van der Waals surface area contributed by atoms with Crippen molar-refractivity contribution in [3.63, 3.8) is 0 Å². The average Bonchev–Trinajstić information content (AvgIpc) is 2.63. The number of piperazine rings is 1. The van der Waals surface area contributed by atoms with Gasteiger partial charge in [0.15, 0.2) is 0 Å². The number of carbonyl (C=O) groups is 1. The van der Waals surface area contributed by atoms with E-state index in [2.05, 4.69) is 27.2 Å². The first kappa shape index (κ1) is 18.3. The summed E-state index contributed by atoms with van der Waals surface area (Å²) in [4.78, 5) is 25.4. The molecule has 1 N–H and O–H groups in total. The fourth-order valence-electron chi connectivity index (χ4n) is 2.93. The fraction of sp³-hybridized carbons (Fsp3) is 0.421. The summed E-state index contributed by atoms with van der Waals surface area (Å²) in [6.45, 7) is 5.60. The summed E-state index contributed by atoms with van der Waals surface area (Å²) in [5.74, 6) is 0.914. The average molecular weight is 357 g/mol. The molecular weight excluding hydrogens is 333 g/mol. The van der Waals surface area contributed by atoms with Crippen LogP contribution in [0.2, 0.25) is 0 Å². The summed E-state index contributed by atoms with van der Waals surface area (Å²) in [6, 6.07) is 8.15. The molecule has 1 saturated heterocycles. The lowest BCUT2D eigenvalue weighted by Crippen LogP contribution is -2.47. The van der Waals surface area contributed by atoms with Gasteiger partial charge in [0, 0.05) is 38.8 Å². The maximum atomic E-state index is 12.9. The molecule has 1 amide bonds. The lowest BCUT2D eigenvalue weighted by Gasteiger charge is -2.32. The molecule has 1 aromatic heterocycles. The molecule has 1 aliphatic rings. The Balaban J connectivity index is 1.61. The minimum atomic E-state index is -0.236. The van der Waals surface area contributed by atoms with E-state index in [0.29, 0.717) is 37.0 Å². The molecule has 6 nitrogen and oxygen atoms in total. The van der Waals surface area contributed by atoms with E-state index in [0.717, 1.165) is 25.1 Å². The summed E-state index contributed by atoms with van der Waals surface area (Å²) in [5.41, 5.74) is 1.46. The van der Waals surface area contributed by atoms with Gasteiger partial charge in [0.2, 0.25) is 0 Å². The van der Waals surface area contributed by atoms with E-state index in [9.17, 15) is 9.18 Å². The molecule has 0 aliphatic carbocycles. The van der Waals surface area contributed by atoms with Crippen molar-refractivity contribution in [3.8, 4) is 0 Å². The van der Waals surface area contributed by atoms with Gasteiger partial charge in [-0.3, -0.25) is 4.79 Å². The monoisotopic (exact) mass is 357 g/mol. The van der Waals surface area contributed by atoms with Crippen molar-refractivity contribution in [2.75, 3.05) is 45.1 Å². The Morgan fingerprint density at radius 3 is 2.54 bits per heavy atom. The Bertz CT molecular complexity index is 757. The maximum absolute atomic E-state index is 12.9. The summed E-state index contributed by atoms with van der Waals surface area (Å²) in [6.07, 6.45) is 0.741. The molecule has 0 radical (unpaired) electrons. The van der Waals surface area contributed by atoms with E-state index in [-0.39, 0.29) is 11.7 Å². The molecule has 26 heavy (non-hydrogen) atoms. The molecule has 0 unspecified atom stereocenters. The van der Waals surface area contributed by atoms with E-state index < -0.39 is 0 Å². The van der Waals surface area contributed by atoms with Gasteiger partial charge < -0.3 is 15.1 Å². The molecule has 1 aliphatic heterocycles. The summed E-state index contributed by atoms with van der Waals surface area (Å²) < 4.78 is 12.9. The van der Waals surface area contributed by atoms with Gasteiger partial charge in [-0.1, -0.05) is 12.1 Å². The maximum Gasteiger partial charge on any atom is 0.272 e. The zero-order valence-corrected chi connectivity index (χ0v) is 15.2. The number of aromatic nitrogens is 2. The summed E-state index contributed by atoms with van der Waals surface area (Å²) in [5, 5.41) is 3.23. The third kappa shape index (κ3) is 4.76.